The summed E-state index contributed by atoms with van der Waals surface area (Å²) in [6.45, 7) is 3.93. The molecule has 2 aromatic rings. The lowest BCUT2D eigenvalue weighted by Crippen LogP contribution is -2.41. The Kier molecular flexibility index (Phi) is 5.25. The summed E-state index contributed by atoms with van der Waals surface area (Å²) in [5.41, 5.74) is 1.12. The second kappa shape index (κ2) is 7.35. The van der Waals surface area contributed by atoms with Gasteiger partial charge < -0.3 is 14.8 Å². The first-order valence-electron chi connectivity index (χ1n) is 8.82. The van der Waals surface area contributed by atoms with Crippen molar-refractivity contribution < 1.29 is 22.7 Å². The van der Waals surface area contributed by atoms with Crippen LogP contribution >= 0.6 is 0 Å². The van der Waals surface area contributed by atoms with Crippen molar-refractivity contribution in [1.29, 1.82) is 0 Å². The fourth-order valence-electron chi connectivity index (χ4n) is 3.27. The zero-order chi connectivity index (χ0) is 20.5. The SMILES string of the molecule is COc1ccc2c(c1)OC(C)(C)C[C@H]2NC(=O)c1cccc(NS(C)(=O)=O)c1. The number of ether oxygens (including phenoxy) is 2. The number of hydrogen-bond donors (Lipinski definition) is 2. The Morgan fingerprint density at radius 3 is 2.64 bits per heavy atom. The molecule has 8 heteroatoms. The molecule has 1 amide bonds. The van der Waals surface area contributed by atoms with Crippen molar-refractivity contribution in [2.45, 2.75) is 31.9 Å². The normalized spacial score (nSPS) is 17.8. The number of benzene rings is 2. The molecule has 1 atom stereocenters. The Morgan fingerprint density at radius 1 is 1.21 bits per heavy atom. The number of carbonyl (C=O) groups is 1. The van der Waals surface area contributed by atoms with Crippen LogP contribution in [0.3, 0.4) is 0 Å². The minimum atomic E-state index is -3.42. The van der Waals surface area contributed by atoms with Crippen LogP contribution in [-0.4, -0.2) is 33.3 Å². The highest BCUT2D eigenvalue weighted by Crippen LogP contribution is 2.41. The van der Waals surface area contributed by atoms with E-state index in [2.05, 4.69) is 10.0 Å². The van der Waals surface area contributed by atoms with Gasteiger partial charge in [0.15, 0.2) is 0 Å². The largest absolute Gasteiger partial charge is 0.497 e. The van der Waals surface area contributed by atoms with E-state index in [1.807, 2.05) is 32.0 Å². The van der Waals surface area contributed by atoms with Crippen molar-refractivity contribution in [2.75, 3.05) is 18.1 Å². The molecule has 0 radical (unpaired) electrons. The van der Waals surface area contributed by atoms with Gasteiger partial charge >= 0.3 is 0 Å². The molecule has 0 aromatic heterocycles. The van der Waals surface area contributed by atoms with Gasteiger partial charge in [-0.1, -0.05) is 6.07 Å². The second-order valence-corrected chi connectivity index (χ2v) is 9.20. The van der Waals surface area contributed by atoms with Crippen LogP contribution in [0.2, 0.25) is 0 Å². The van der Waals surface area contributed by atoms with Crippen molar-refractivity contribution in [3.63, 3.8) is 0 Å². The Morgan fingerprint density at radius 2 is 1.96 bits per heavy atom. The van der Waals surface area contributed by atoms with Crippen molar-refractivity contribution >= 4 is 21.6 Å². The summed E-state index contributed by atoms with van der Waals surface area (Å²) >= 11 is 0. The number of fused-ring (bicyclic) bond motifs is 1. The van der Waals surface area contributed by atoms with Crippen LogP contribution in [0.1, 0.15) is 42.2 Å². The maximum absolute atomic E-state index is 12.8. The summed E-state index contributed by atoms with van der Waals surface area (Å²) in [5.74, 6) is 1.07. The second-order valence-electron chi connectivity index (χ2n) is 7.45. The molecular formula is C20H24N2O5S. The number of carbonyl (C=O) groups excluding carboxylic acids is 1. The van der Waals surface area contributed by atoms with Gasteiger partial charge in [-0.25, -0.2) is 8.42 Å². The minimum absolute atomic E-state index is 0.247. The summed E-state index contributed by atoms with van der Waals surface area (Å²) in [7, 11) is -1.83. The topological polar surface area (TPSA) is 93.7 Å². The minimum Gasteiger partial charge on any atom is -0.497 e. The Labute approximate surface area is 165 Å². The van der Waals surface area contributed by atoms with E-state index in [1.54, 1.807) is 25.3 Å². The maximum atomic E-state index is 12.8. The molecule has 0 unspecified atom stereocenters. The smallest absolute Gasteiger partial charge is 0.251 e. The van der Waals surface area contributed by atoms with Crippen LogP contribution in [0, 0.1) is 0 Å². The van der Waals surface area contributed by atoms with E-state index >= 15 is 0 Å². The number of nitrogens with one attached hydrogen (secondary N) is 2. The van der Waals surface area contributed by atoms with Crippen LogP contribution in [0.15, 0.2) is 42.5 Å². The van der Waals surface area contributed by atoms with Crippen LogP contribution in [0.25, 0.3) is 0 Å². The molecular weight excluding hydrogens is 380 g/mol. The Balaban J connectivity index is 1.85. The first kappa shape index (κ1) is 20.0. The van der Waals surface area contributed by atoms with Gasteiger partial charge in [0.05, 0.1) is 19.4 Å². The lowest BCUT2D eigenvalue weighted by atomic mass is 9.89. The molecule has 7 nitrogen and oxygen atoms in total. The highest BCUT2D eigenvalue weighted by molar-refractivity contribution is 7.92. The number of amides is 1. The molecule has 0 bridgehead atoms. The zero-order valence-electron chi connectivity index (χ0n) is 16.3. The van der Waals surface area contributed by atoms with Gasteiger partial charge in [-0.3, -0.25) is 9.52 Å². The van der Waals surface area contributed by atoms with Gasteiger partial charge in [-0.2, -0.15) is 0 Å². The number of methoxy groups -OCH3 is 1. The Bertz CT molecular complexity index is 1000. The summed E-state index contributed by atoms with van der Waals surface area (Å²) in [6.07, 6.45) is 1.66. The van der Waals surface area contributed by atoms with Crippen molar-refractivity contribution in [3.8, 4) is 11.5 Å². The van der Waals surface area contributed by atoms with Crippen LogP contribution < -0.4 is 19.5 Å². The van der Waals surface area contributed by atoms with Gasteiger partial charge in [-0.15, -0.1) is 0 Å². The molecule has 28 heavy (non-hydrogen) atoms. The maximum Gasteiger partial charge on any atom is 0.251 e. The number of hydrogen-bond acceptors (Lipinski definition) is 5. The van der Waals surface area contributed by atoms with Crippen molar-refractivity contribution in [3.05, 3.63) is 53.6 Å². The molecule has 1 aliphatic rings. The molecule has 0 spiro atoms. The standard InChI is InChI=1S/C20H24N2O5S/c1-20(2)12-17(16-9-8-15(26-3)11-18(16)27-20)21-19(23)13-6-5-7-14(10-13)22-28(4,24)25/h5-11,17,22H,12H2,1-4H3,(H,21,23)/t17-/m1/s1. The lowest BCUT2D eigenvalue weighted by Gasteiger charge is -2.38. The first-order chi connectivity index (χ1) is 13.1. The van der Waals surface area contributed by atoms with Crippen molar-refractivity contribution in [2.24, 2.45) is 0 Å². The number of rotatable bonds is 5. The van der Waals surface area contributed by atoms with Gasteiger partial charge in [0, 0.05) is 29.3 Å². The summed E-state index contributed by atoms with van der Waals surface area (Å²) in [4.78, 5) is 12.8. The van der Waals surface area contributed by atoms with E-state index < -0.39 is 15.6 Å². The fraction of sp³-hybridized carbons (Fsp3) is 0.350. The van der Waals surface area contributed by atoms with E-state index in [9.17, 15) is 13.2 Å². The summed E-state index contributed by atoms with van der Waals surface area (Å²) in [5, 5.41) is 3.04. The summed E-state index contributed by atoms with van der Waals surface area (Å²) < 4.78 is 36.5. The molecule has 0 aliphatic carbocycles. The van der Waals surface area contributed by atoms with E-state index in [4.69, 9.17) is 9.47 Å². The molecule has 0 saturated heterocycles. The number of anilines is 1. The third-order valence-corrected chi connectivity index (χ3v) is 5.02. The van der Waals surface area contributed by atoms with Crippen LogP contribution in [0.4, 0.5) is 5.69 Å². The van der Waals surface area contributed by atoms with E-state index in [-0.39, 0.29) is 11.9 Å². The van der Waals surface area contributed by atoms with Crippen molar-refractivity contribution in [1.82, 2.24) is 5.32 Å². The zero-order valence-corrected chi connectivity index (χ0v) is 17.1. The van der Waals surface area contributed by atoms with Crippen LogP contribution in [0.5, 0.6) is 11.5 Å². The third-order valence-electron chi connectivity index (χ3n) is 4.41. The van der Waals surface area contributed by atoms with E-state index in [0.717, 1.165) is 11.8 Å². The van der Waals surface area contributed by atoms with E-state index in [0.29, 0.717) is 29.2 Å². The molecule has 1 aliphatic heterocycles. The van der Waals surface area contributed by atoms with Gasteiger partial charge in [0.25, 0.3) is 5.91 Å². The fourth-order valence-corrected chi connectivity index (χ4v) is 3.82. The van der Waals surface area contributed by atoms with Gasteiger partial charge in [-0.05, 0) is 44.2 Å². The highest BCUT2D eigenvalue weighted by Gasteiger charge is 2.35. The lowest BCUT2D eigenvalue weighted by molar-refractivity contribution is 0.0617. The van der Waals surface area contributed by atoms with Gasteiger partial charge in [0.1, 0.15) is 17.1 Å². The quantitative estimate of drug-likeness (QED) is 0.799. The predicted octanol–water partition coefficient (Wildman–Crippen LogP) is 3.10. The van der Waals surface area contributed by atoms with Gasteiger partial charge in [0.2, 0.25) is 10.0 Å². The predicted molar refractivity (Wildman–Crippen MR) is 107 cm³/mol. The Hall–Kier alpha value is -2.74. The average Bonchev–Trinajstić information content (AvgIpc) is 2.58. The molecule has 0 fully saturated rings. The molecule has 2 aromatic carbocycles. The number of sulfonamides is 1. The molecule has 150 valence electrons. The van der Waals surface area contributed by atoms with Crippen LogP contribution in [-0.2, 0) is 10.0 Å². The van der Waals surface area contributed by atoms with E-state index in [1.165, 1.54) is 6.07 Å². The molecule has 0 saturated carbocycles. The summed E-state index contributed by atoms with van der Waals surface area (Å²) in [6, 6.07) is 11.7. The molecule has 3 rings (SSSR count). The third kappa shape index (κ3) is 4.75. The monoisotopic (exact) mass is 404 g/mol. The molecule has 1 heterocycles. The first-order valence-corrected chi connectivity index (χ1v) is 10.7. The highest BCUT2D eigenvalue weighted by atomic mass is 32.2. The molecule has 2 N–H and O–H groups in total. The average molecular weight is 404 g/mol.